The van der Waals surface area contributed by atoms with Gasteiger partial charge in [-0.1, -0.05) is 40.9 Å². The summed E-state index contributed by atoms with van der Waals surface area (Å²) < 4.78 is 1.13. The molecule has 0 aliphatic heterocycles. The van der Waals surface area contributed by atoms with Gasteiger partial charge in [0.2, 0.25) is 0 Å². The smallest absolute Gasteiger partial charge is 0.0175 e. The van der Waals surface area contributed by atoms with Gasteiger partial charge >= 0.3 is 0 Å². The van der Waals surface area contributed by atoms with Crippen LogP contribution in [0.3, 0.4) is 0 Å². The highest BCUT2D eigenvalue weighted by molar-refractivity contribution is 9.10. The maximum Gasteiger partial charge on any atom is 0.0175 e. The summed E-state index contributed by atoms with van der Waals surface area (Å²) in [6.45, 7) is 1.71. The van der Waals surface area contributed by atoms with E-state index >= 15 is 0 Å². The zero-order valence-corrected chi connectivity index (χ0v) is 11.7. The van der Waals surface area contributed by atoms with Crippen LogP contribution in [0.25, 0.3) is 0 Å². The van der Waals surface area contributed by atoms with Crippen molar-refractivity contribution >= 4 is 15.9 Å². The number of rotatable bonds is 5. The van der Waals surface area contributed by atoms with Crippen LogP contribution in [0.4, 0.5) is 0 Å². The van der Waals surface area contributed by atoms with Crippen molar-refractivity contribution in [1.29, 1.82) is 0 Å². The fourth-order valence-corrected chi connectivity index (χ4v) is 2.78. The third-order valence-corrected chi connectivity index (χ3v) is 4.16. The third kappa shape index (κ3) is 3.80. The summed E-state index contributed by atoms with van der Waals surface area (Å²) >= 11 is 3.46. The maximum absolute atomic E-state index is 5.88. The van der Waals surface area contributed by atoms with Crippen molar-refractivity contribution in [2.75, 3.05) is 13.1 Å². The normalized spacial score (nSPS) is 18.5. The molecule has 1 aliphatic rings. The summed E-state index contributed by atoms with van der Waals surface area (Å²) in [7, 11) is 0. The molecule has 94 valence electrons. The zero-order valence-electron chi connectivity index (χ0n) is 10.2. The maximum atomic E-state index is 5.88. The molecular weight excluding hydrogens is 276 g/mol. The highest BCUT2D eigenvalue weighted by Gasteiger charge is 2.16. The summed E-state index contributed by atoms with van der Waals surface area (Å²) in [6, 6.07) is 9.23. The lowest BCUT2D eigenvalue weighted by molar-refractivity contribution is 0.490. The average molecular weight is 297 g/mol. The van der Waals surface area contributed by atoms with Crippen molar-refractivity contribution in [1.82, 2.24) is 5.32 Å². The van der Waals surface area contributed by atoms with Crippen molar-refractivity contribution in [3.05, 3.63) is 34.3 Å². The van der Waals surface area contributed by atoms with E-state index in [9.17, 15) is 0 Å². The summed E-state index contributed by atoms with van der Waals surface area (Å²) in [6.07, 6.45) is 5.42. The summed E-state index contributed by atoms with van der Waals surface area (Å²) in [5, 5.41) is 3.65. The van der Waals surface area contributed by atoms with Gasteiger partial charge in [0.15, 0.2) is 0 Å². The monoisotopic (exact) mass is 296 g/mol. The van der Waals surface area contributed by atoms with Crippen molar-refractivity contribution < 1.29 is 0 Å². The summed E-state index contributed by atoms with van der Waals surface area (Å²) in [5.74, 6) is 0.434. The topological polar surface area (TPSA) is 38.0 Å². The van der Waals surface area contributed by atoms with Crippen LogP contribution < -0.4 is 11.1 Å². The number of hydrogen-bond acceptors (Lipinski definition) is 2. The molecule has 0 bridgehead atoms. The lowest BCUT2D eigenvalue weighted by atomic mass is 9.99. The second-order valence-corrected chi connectivity index (χ2v) is 5.79. The quantitative estimate of drug-likeness (QED) is 0.876. The van der Waals surface area contributed by atoms with E-state index in [1.807, 2.05) is 0 Å². The first kappa shape index (κ1) is 13.1. The largest absolute Gasteiger partial charge is 0.330 e. The van der Waals surface area contributed by atoms with E-state index in [2.05, 4.69) is 45.5 Å². The molecule has 3 N–H and O–H groups in total. The Morgan fingerprint density at radius 1 is 1.24 bits per heavy atom. The minimum absolute atomic E-state index is 0.434. The zero-order chi connectivity index (χ0) is 12.1. The van der Waals surface area contributed by atoms with Gasteiger partial charge in [-0.3, -0.25) is 0 Å². The molecule has 0 saturated heterocycles. The van der Waals surface area contributed by atoms with Crippen molar-refractivity contribution in [3.63, 3.8) is 0 Å². The van der Waals surface area contributed by atoms with Crippen LogP contribution in [-0.2, 0) is 0 Å². The Hall–Kier alpha value is -0.380. The molecule has 2 nitrogen and oxygen atoms in total. The van der Waals surface area contributed by atoms with Crippen molar-refractivity contribution in [2.45, 2.75) is 37.6 Å². The molecule has 1 saturated carbocycles. The van der Waals surface area contributed by atoms with Crippen LogP contribution in [0, 0.1) is 0 Å². The van der Waals surface area contributed by atoms with Crippen molar-refractivity contribution in [2.24, 2.45) is 5.73 Å². The van der Waals surface area contributed by atoms with E-state index in [1.165, 1.54) is 31.2 Å². The van der Waals surface area contributed by atoms with Crippen LogP contribution in [0.1, 0.15) is 37.2 Å². The molecule has 0 amide bonds. The SMILES string of the molecule is NCC(CNC1CCCC1)c1ccc(Br)cc1. The molecule has 0 radical (unpaired) electrons. The summed E-state index contributed by atoms with van der Waals surface area (Å²) in [5.41, 5.74) is 7.21. The van der Waals surface area contributed by atoms with Crippen molar-refractivity contribution in [3.8, 4) is 0 Å². The second kappa shape index (κ2) is 6.53. The Morgan fingerprint density at radius 3 is 2.47 bits per heavy atom. The molecule has 3 heteroatoms. The van der Waals surface area contributed by atoms with Crippen LogP contribution in [-0.4, -0.2) is 19.1 Å². The second-order valence-electron chi connectivity index (χ2n) is 4.87. The lowest BCUT2D eigenvalue weighted by Crippen LogP contribution is -2.33. The molecule has 0 spiro atoms. The lowest BCUT2D eigenvalue weighted by Gasteiger charge is -2.19. The predicted octanol–water partition coefficient (Wildman–Crippen LogP) is 3.02. The predicted molar refractivity (Wildman–Crippen MR) is 76.2 cm³/mol. The molecule has 1 aromatic carbocycles. The molecule has 1 unspecified atom stereocenters. The molecule has 1 aliphatic carbocycles. The fraction of sp³-hybridized carbons (Fsp3) is 0.571. The van der Waals surface area contributed by atoms with E-state index in [1.54, 1.807) is 0 Å². The van der Waals surface area contributed by atoms with Crippen LogP contribution >= 0.6 is 15.9 Å². The van der Waals surface area contributed by atoms with E-state index in [0.29, 0.717) is 12.5 Å². The minimum Gasteiger partial charge on any atom is -0.330 e. The molecule has 2 rings (SSSR count). The van der Waals surface area contributed by atoms with Gasteiger partial charge in [-0.15, -0.1) is 0 Å². The highest BCUT2D eigenvalue weighted by Crippen LogP contribution is 2.20. The molecule has 17 heavy (non-hydrogen) atoms. The van der Waals surface area contributed by atoms with Crippen LogP contribution in [0.5, 0.6) is 0 Å². The molecule has 0 heterocycles. The molecule has 1 aromatic rings. The van der Waals surface area contributed by atoms with Gasteiger partial charge in [-0.2, -0.15) is 0 Å². The Labute approximate surface area is 112 Å². The number of nitrogens with one attached hydrogen (secondary N) is 1. The average Bonchev–Trinajstić information content (AvgIpc) is 2.85. The first-order valence-corrected chi connectivity index (χ1v) is 7.28. The molecule has 0 aromatic heterocycles. The Kier molecular flexibility index (Phi) is 5.01. The van der Waals surface area contributed by atoms with Gasteiger partial charge in [0, 0.05) is 29.5 Å². The number of halogens is 1. The van der Waals surface area contributed by atoms with Gasteiger partial charge in [0.1, 0.15) is 0 Å². The number of hydrogen-bond donors (Lipinski definition) is 2. The number of nitrogens with two attached hydrogens (primary N) is 1. The molecule has 1 fully saturated rings. The van der Waals surface area contributed by atoms with E-state index in [0.717, 1.165) is 17.1 Å². The van der Waals surface area contributed by atoms with Gasteiger partial charge in [0.05, 0.1) is 0 Å². The van der Waals surface area contributed by atoms with Gasteiger partial charge in [-0.25, -0.2) is 0 Å². The Morgan fingerprint density at radius 2 is 1.88 bits per heavy atom. The van der Waals surface area contributed by atoms with Gasteiger partial charge in [-0.05, 0) is 30.5 Å². The fourth-order valence-electron chi connectivity index (χ4n) is 2.51. The summed E-state index contributed by atoms with van der Waals surface area (Å²) in [4.78, 5) is 0. The molecule has 1 atom stereocenters. The van der Waals surface area contributed by atoms with Crippen LogP contribution in [0.15, 0.2) is 28.7 Å². The first-order valence-electron chi connectivity index (χ1n) is 6.48. The van der Waals surface area contributed by atoms with Gasteiger partial charge < -0.3 is 11.1 Å². The van der Waals surface area contributed by atoms with E-state index in [-0.39, 0.29) is 0 Å². The van der Waals surface area contributed by atoms with E-state index < -0.39 is 0 Å². The first-order chi connectivity index (χ1) is 8.29. The standard InChI is InChI=1S/C14H21BrN2/c15-13-7-5-11(6-8-13)12(9-16)10-17-14-3-1-2-4-14/h5-8,12,14,17H,1-4,9-10,16H2. The Bertz CT molecular complexity index is 331. The minimum atomic E-state index is 0.434. The van der Waals surface area contributed by atoms with Crippen LogP contribution in [0.2, 0.25) is 0 Å². The number of benzene rings is 1. The van der Waals surface area contributed by atoms with E-state index in [4.69, 9.17) is 5.73 Å². The third-order valence-electron chi connectivity index (χ3n) is 3.63. The highest BCUT2D eigenvalue weighted by atomic mass is 79.9. The van der Waals surface area contributed by atoms with Gasteiger partial charge in [0.25, 0.3) is 0 Å². The molecular formula is C14H21BrN2. The Balaban J connectivity index is 1.89.